The largest absolute Gasteiger partial charge is 0.271 e. The van der Waals surface area contributed by atoms with Crippen LogP contribution in [0.25, 0.3) is 0 Å². The number of benzene rings is 1. The zero-order chi connectivity index (χ0) is 15.6. The molecule has 1 unspecified atom stereocenters. The first-order valence-corrected chi connectivity index (χ1v) is 8.12. The molecule has 0 aliphatic heterocycles. The monoisotopic (exact) mass is 390 g/mol. The lowest BCUT2D eigenvalue weighted by molar-refractivity contribution is 0.446. The van der Waals surface area contributed by atoms with Crippen LogP contribution in [-0.2, 0) is 6.42 Å². The first kappa shape index (κ1) is 16.8. The van der Waals surface area contributed by atoms with Crippen molar-refractivity contribution >= 4 is 39.1 Å². The Morgan fingerprint density at radius 1 is 1.38 bits per heavy atom. The van der Waals surface area contributed by atoms with Gasteiger partial charge in [0, 0.05) is 16.1 Å². The van der Waals surface area contributed by atoms with Gasteiger partial charge in [0.25, 0.3) is 0 Å². The Hall–Kier alpha value is -0.590. The fraction of sp³-hybridized carbons (Fsp3) is 0.357. The van der Waals surface area contributed by atoms with Crippen LogP contribution in [0.5, 0.6) is 0 Å². The third kappa shape index (κ3) is 3.79. The highest BCUT2D eigenvalue weighted by atomic mass is 79.9. The maximum Gasteiger partial charge on any atom is 0.0715 e. The van der Waals surface area contributed by atoms with Crippen LogP contribution in [0.15, 0.2) is 28.9 Å². The second-order valence-corrected chi connectivity index (χ2v) is 6.77. The smallest absolute Gasteiger partial charge is 0.0715 e. The summed E-state index contributed by atoms with van der Waals surface area (Å²) in [5.41, 5.74) is 4.83. The Kier molecular flexibility index (Phi) is 5.68. The molecule has 0 aliphatic carbocycles. The van der Waals surface area contributed by atoms with Crippen molar-refractivity contribution in [2.75, 3.05) is 0 Å². The van der Waals surface area contributed by atoms with Gasteiger partial charge in [-0.25, -0.2) is 0 Å². The predicted octanol–water partition coefficient (Wildman–Crippen LogP) is 4.28. The van der Waals surface area contributed by atoms with Crippen LogP contribution in [0.2, 0.25) is 10.0 Å². The molecule has 0 radical (unpaired) electrons. The summed E-state index contributed by atoms with van der Waals surface area (Å²) in [4.78, 5) is 0. The van der Waals surface area contributed by atoms with E-state index in [0.717, 1.165) is 15.7 Å². The molecule has 3 N–H and O–H groups in total. The summed E-state index contributed by atoms with van der Waals surface area (Å²) in [6, 6.07) is 5.61. The molecular weight excluding hydrogens is 375 g/mol. The van der Waals surface area contributed by atoms with Gasteiger partial charge in [0.2, 0.25) is 0 Å². The van der Waals surface area contributed by atoms with E-state index in [1.165, 1.54) is 0 Å². The number of nitrogens with zero attached hydrogens (tertiary/aromatic N) is 2. The molecule has 4 nitrogen and oxygen atoms in total. The topological polar surface area (TPSA) is 55.9 Å². The van der Waals surface area contributed by atoms with Gasteiger partial charge in [-0.2, -0.15) is 5.10 Å². The quantitative estimate of drug-likeness (QED) is 0.590. The minimum atomic E-state index is -0.108. The van der Waals surface area contributed by atoms with Crippen molar-refractivity contribution in [3.05, 3.63) is 50.2 Å². The maximum atomic E-state index is 6.25. The van der Waals surface area contributed by atoms with Crippen LogP contribution in [-0.4, -0.2) is 9.78 Å². The Bertz CT molecular complexity index is 627. The van der Waals surface area contributed by atoms with Gasteiger partial charge in [-0.3, -0.25) is 16.0 Å². The summed E-state index contributed by atoms with van der Waals surface area (Å²) in [5, 5.41) is 5.64. The van der Waals surface area contributed by atoms with Crippen LogP contribution in [0.3, 0.4) is 0 Å². The van der Waals surface area contributed by atoms with Crippen molar-refractivity contribution in [1.82, 2.24) is 15.2 Å². The van der Waals surface area contributed by atoms with E-state index in [0.29, 0.717) is 16.5 Å². The second-order valence-electron chi connectivity index (χ2n) is 5.08. The Balaban J connectivity index is 2.34. The average molecular weight is 392 g/mol. The number of aromatic nitrogens is 2. The van der Waals surface area contributed by atoms with E-state index < -0.39 is 0 Å². The number of hydrogen-bond acceptors (Lipinski definition) is 3. The Morgan fingerprint density at radius 2 is 2.10 bits per heavy atom. The maximum absolute atomic E-state index is 6.25. The van der Waals surface area contributed by atoms with Crippen molar-refractivity contribution in [2.45, 2.75) is 32.4 Å². The third-order valence-corrected chi connectivity index (χ3v) is 4.44. The summed E-state index contributed by atoms with van der Waals surface area (Å²) in [7, 11) is 0. The number of halogens is 3. The molecule has 2 aromatic rings. The highest BCUT2D eigenvalue weighted by molar-refractivity contribution is 9.10. The van der Waals surface area contributed by atoms with Crippen molar-refractivity contribution in [3.8, 4) is 0 Å². The molecule has 7 heteroatoms. The van der Waals surface area contributed by atoms with E-state index in [4.69, 9.17) is 29.0 Å². The third-order valence-electron chi connectivity index (χ3n) is 3.25. The van der Waals surface area contributed by atoms with E-state index in [2.05, 4.69) is 40.3 Å². The van der Waals surface area contributed by atoms with Gasteiger partial charge in [0.05, 0.1) is 22.4 Å². The summed E-state index contributed by atoms with van der Waals surface area (Å²) in [5.74, 6) is 5.75. The molecule has 0 saturated carbocycles. The van der Waals surface area contributed by atoms with E-state index in [9.17, 15) is 0 Å². The van der Waals surface area contributed by atoms with Crippen LogP contribution in [0, 0.1) is 0 Å². The standard InChI is InChI=1S/C14H17BrCl2N4/c1-8(2)21-14(11(15)7-19-21)13(20-18)5-9-3-4-10(16)6-12(9)17/h3-4,6-8,13,20H,5,18H2,1-2H3. The highest BCUT2D eigenvalue weighted by Crippen LogP contribution is 2.30. The molecule has 1 heterocycles. The normalized spacial score (nSPS) is 12.9. The fourth-order valence-electron chi connectivity index (χ4n) is 2.23. The van der Waals surface area contributed by atoms with Crippen LogP contribution < -0.4 is 11.3 Å². The SMILES string of the molecule is CC(C)n1ncc(Br)c1C(Cc1ccc(Cl)cc1Cl)NN. The molecule has 1 aromatic heterocycles. The average Bonchev–Trinajstić information content (AvgIpc) is 2.80. The van der Waals surface area contributed by atoms with Crippen molar-refractivity contribution in [3.63, 3.8) is 0 Å². The molecule has 21 heavy (non-hydrogen) atoms. The van der Waals surface area contributed by atoms with E-state index in [1.54, 1.807) is 12.3 Å². The van der Waals surface area contributed by atoms with Crippen molar-refractivity contribution in [2.24, 2.45) is 5.84 Å². The van der Waals surface area contributed by atoms with Gasteiger partial charge in [-0.05, 0) is 53.9 Å². The number of nitrogens with one attached hydrogen (secondary N) is 1. The molecule has 0 bridgehead atoms. The number of rotatable bonds is 5. The van der Waals surface area contributed by atoms with Gasteiger partial charge in [0.15, 0.2) is 0 Å². The van der Waals surface area contributed by atoms with Crippen molar-refractivity contribution < 1.29 is 0 Å². The van der Waals surface area contributed by atoms with Crippen molar-refractivity contribution in [1.29, 1.82) is 0 Å². The molecule has 0 fully saturated rings. The molecule has 0 spiro atoms. The summed E-state index contributed by atoms with van der Waals surface area (Å²) in [6.07, 6.45) is 2.42. The van der Waals surface area contributed by atoms with Gasteiger partial charge in [0.1, 0.15) is 0 Å². The zero-order valence-electron chi connectivity index (χ0n) is 11.8. The lowest BCUT2D eigenvalue weighted by atomic mass is 10.0. The van der Waals surface area contributed by atoms with E-state index in [1.807, 2.05) is 16.8 Å². The first-order valence-electron chi connectivity index (χ1n) is 6.57. The second kappa shape index (κ2) is 7.11. The molecular formula is C14H17BrCl2N4. The molecule has 2 rings (SSSR count). The van der Waals surface area contributed by atoms with Gasteiger partial charge in [-0.1, -0.05) is 29.3 Å². The Morgan fingerprint density at radius 3 is 2.67 bits per heavy atom. The lowest BCUT2D eigenvalue weighted by Crippen LogP contribution is -2.32. The molecule has 0 aliphatic rings. The predicted molar refractivity (Wildman–Crippen MR) is 90.5 cm³/mol. The van der Waals surface area contributed by atoms with Gasteiger partial charge in [-0.15, -0.1) is 0 Å². The molecule has 114 valence electrons. The summed E-state index contributed by atoms with van der Waals surface area (Å²) in [6.45, 7) is 4.15. The summed E-state index contributed by atoms with van der Waals surface area (Å²) >= 11 is 15.7. The highest BCUT2D eigenvalue weighted by Gasteiger charge is 2.21. The number of hydrazine groups is 1. The van der Waals surface area contributed by atoms with Gasteiger partial charge >= 0.3 is 0 Å². The molecule has 1 aromatic carbocycles. The van der Waals surface area contributed by atoms with Crippen LogP contribution in [0.1, 0.15) is 37.2 Å². The fourth-order valence-corrected chi connectivity index (χ4v) is 3.27. The van der Waals surface area contributed by atoms with E-state index >= 15 is 0 Å². The molecule has 0 amide bonds. The van der Waals surface area contributed by atoms with Gasteiger partial charge < -0.3 is 0 Å². The minimum Gasteiger partial charge on any atom is -0.271 e. The number of nitrogens with two attached hydrogens (primary N) is 1. The number of hydrogen-bond donors (Lipinski definition) is 2. The van der Waals surface area contributed by atoms with E-state index in [-0.39, 0.29) is 12.1 Å². The van der Waals surface area contributed by atoms with Crippen LogP contribution in [0.4, 0.5) is 0 Å². The molecule has 0 saturated heterocycles. The summed E-state index contributed by atoms with van der Waals surface area (Å²) < 4.78 is 2.86. The minimum absolute atomic E-state index is 0.108. The molecule has 1 atom stereocenters. The van der Waals surface area contributed by atoms with Crippen LogP contribution >= 0.6 is 39.1 Å². The zero-order valence-corrected chi connectivity index (χ0v) is 14.9. The lowest BCUT2D eigenvalue weighted by Gasteiger charge is -2.21. The first-order chi connectivity index (χ1) is 9.93. The Labute approximate surface area is 142 Å².